The van der Waals surface area contributed by atoms with E-state index < -0.39 is 0 Å². The molecule has 4 heteroatoms. The third-order valence-electron chi connectivity index (χ3n) is 2.32. The predicted molar refractivity (Wildman–Crippen MR) is 65.2 cm³/mol. The fraction of sp³-hybridized carbons (Fsp3) is 0.364. The van der Waals surface area contributed by atoms with Crippen LogP contribution in [0.3, 0.4) is 0 Å². The monoisotopic (exact) mass is 270 g/mol. The van der Waals surface area contributed by atoms with E-state index in [9.17, 15) is 5.21 Å². The number of hydrogen-bond acceptors (Lipinski definition) is 3. The smallest absolute Gasteiger partial charge is 0.153 e. The lowest BCUT2D eigenvalue weighted by Crippen LogP contribution is -2.30. The van der Waals surface area contributed by atoms with Gasteiger partial charge < -0.3 is 0 Å². The highest BCUT2D eigenvalue weighted by atomic mass is 79.9. The second kappa shape index (κ2) is 4.77. The number of aryl methyl sites for hydroxylation is 1. The van der Waals surface area contributed by atoms with Gasteiger partial charge in [0.1, 0.15) is 0 Å². The van der Waals surface area contributed by atoms with Gasteiger partial charge in [0.05, 0.1) is 11.7 Å². The summed E-state index contributed by atoms with van der Waals surface area (Å²) in [6.45, 7) is 9.44. The van der Waals surface area contributed by atoms with Crippen molar-refractivity contribution < 1.29 is 5.21 Å². The van der Waals surface area contributed by atoms with Crippen LogP contribution in [0.5, 0.6) is 0 Å². The van der Waals surface area contributed by atoms with Gasteiger partial charge in [-0.25, -0.2) is 10.0 Å². The first-order valence-corrected chi connectivity index (χ1v) is 5.49. The summed E-state index contributed by atoms with van der Waals surface area (Å²) in [7, 11) is 0. The Morgan fingerprint density at radius 3 is 2.67 bits per heavy atom. The highest BCUT2D eigenvalue weighted by Gasteiger charge is 2.14. The van der Waals surface area contributed by atoms with E-state index in [1.807, 2.05) is 26.8 Å². The van der Waals surface area contributed by atoms with Crippen LogP contribution < -0.4 is 5.06 Å². The van der Waals surface area contributed by atoms with Crippen LogP contribution in [0.25, 0.3) is 0 Å². The summed E-state index contributed by atoms with van der Waals surface area (Å²) in [6, 6.07) is 3.49. The molecule has 0 bridgehead atoms. The molecule has 0 spiro atoms. The van der Waals surface area contributed by atoms with Crippen molar-refractivity contribution in [3.63, 3.8) is 0 Å². The first kappa shape index (κ1) is 12.2. The van der Waals surface area contributed by atoms with Gasteiger partial charge in [0.25, 0.3) is 0 Å². The first-order chi connectivity index (χ1) is 6.93. The van der Waals surface area contributed by atoms with Gasteiger partial charge in [-0.1, -0.05) is 12.2 Å². The highest BCUT2D eigenvalue weighted by molar-refractivity contribution is 9.10. The maximum atomic E-state index is 9.87. The summed E-state index contributed by atoms with van der Waals surface area (Å²) in [5, 5.41) is 11.0. The molecule has 0 aliphatic rings. The van der Waals surface area contributed by atoms with Crippen LogP contribution in [0.4, 0.5) is 5.82 Å². The van der Waals surface area contributed by atoms with Gasteiger partial charge in [0.15, 0.2) is 5.82 Å². The SMILES string of the molecule is C=C(C)C(C)N(O)c1ccc(Br)c(C)n1. The van der Waals surface area contributed by atoms with E-state index in [1.165, 1.54) is 0 Å². The second-order valence-electron chi connectivity index (χ2n) is 3.60. The van der Waals surface area contributed by atoms with Crippen LogP contribution in [0.2, 0.25) is 0 Å². The van der Waals surface area contributed by atoms with Crippen molar-refractivity contribution in [1.29, 1.82) is 0 Å². The van der Waals surface area contributed by atoms with Crippen LogP contribution in [0.1, 0.15) is 19.5 Å². The Morgan fingerprint density at radius 2 is 2.20 bits per heavy atom. The zero-order valence-corrected chi connectivity index (χ0v) is 10.7. The molecule has 1 N–H and O–H groups in total. The van der Waals surface area contributed by atoms with Gasteiger partial charge in [0.2, 0.25) is 0 Å². The van der Waals surface area contributed by atoms with Crippen molar-refractivity contribution in [1.82, 2.24) is 4.98 Å². The van der Waals surface area contributed by atoms with E-state index in [2.05, 4.69) is 27.5 Å². The maximum Gasteiger partial charge on any atom is 0.153 e. The Kier molecular flexibility index (Phi) is 3.88. The van der Waals surface area contributed by atoms with Gasteiger partial charge in [-0.2, -0.15) is 0 Å². The van der Waals surface area contributed by atoms with Crippen molar-refractivity contribution in [2.24, 2.45) is 0 Å². The second-order valence-corrected chi connectivity index (χ2v) is 4.46. The number of anilines is 1. The normalized spacial score (nSPS) is 12.3. The zero-order valence-electron chi connectivity index (χ0n) is 9.16. The standard InChI is InChI=1S/C11H15BrN2O/c1-7(2)9(4)14(15)11-6-5-10(12)8(3)13-11/h5-6,9,15H,1H2,2-4H3. The number of pyridine rings is 1. The van der Waals surface area contributed by atoms with Crippen LogP contribution in [0, 0.1) is 6.92 Å². The fourth-order valence-corrected chi connectivity index (χ4v) is 1.29. The number of halogens is 1. The highest BCUT2D eigenvalue weighted by Crippen LogP contribution is 2.20. The Morgan fingerprint density at radius 1 is 1.60 bits per heavy atom. The third-order valence-corrected chi connectivity index (χ3v) is 3.16. The summed E-state index contributed by atoms with van der Waals surface area (Å²) in [4.78, 5) is 4.26. The molecule has 82 valence electrons. The Balaban J connectivity index is 2.96. The average Bonchev–Trinajstić information content (AvgIpc) is 2.19. The van der Waals surface area contributed by atoms with Crippen molar-refractivity contribution in [2.45, 2.75) is 26.8 Å². The fourth-order valence-electron chi connectivity index (χ4n) is 1.07. The molecular weight excluding hydrogens is 256 g/mol. The van der Waals surface area contributed by atoms with Crippen LogP contribution in [-0.4, -0.2) is 16.2 Å². The number of hydroxylamine groups is 1. The molecule has 3 nitrogen and oxygen atoms in total. The summed E-state index contributed by atoms with van der Waals surface area (Å²) in [5.41, 5.74) is 1.74. The van der Waals surface area contributed by atoms with Gasteiger partial charge in [-0.15, -0.1) is 0 Å². The predicted octanol–water partition coefficient (Wildman–Crippen LogP) is 3.31. The van der Waals surface area contributed by atoms with Gasteiger partial charge in [0, 0.05) is 4.47 Å². The minimum atomic E-state index is -0.141. The summed E-state index contributed by atoms with van der Waals surface area (Å²) in [5.74, 6) is 0.534. The van der Waals surface area contributed by atoms with Gasteiger partial charge in [-0.3, -0.25) is 5.21 Å². The summed E-state index contributed by atoms with van der Waals surface area (Å²) >= 11 is 3.36. The number of hydrogen-bond donors (Lipinski definition) is 1. The van der Waals surface area contributed by atoms with Crippen LogP contribution >= 0.6 is 15.9 Å². The molecule has 1 atom stereocenters. The molecule has 1 rings (SSSR count). The molecule has 0 radical (unpaired) electrons. The quantitative estimate of drug-likeness (QED) is 0.676. The molecule has 15 heavy (non-hydrogen) atoms. The molecule has 0 aliphatic carbocycles. The van der Waals surface area contributed by atoms with Crippen LogP contribution in [0.15, 0.2) is 28.8 Å². The lowest BCUT2D eigenvalue weighted by atomic mass is 10.2. The van der Waals surface area contributed by atoms with Crippen molar-refractivity contribution in [2.75, 3.05) is 5.06 Å². The van der Waals surface area contributed by atoms with E-state index in [0.717, 1.165) is 20.8 Å². The third kappa shape index (κ3) is 2.79. The minimum absolute atomic E-state index is 0.141. The Labute approximate surface area is 98.5 Å². The summed E-state index contributed by atoms with van der Waals surface area (Å²) < 4.78 is 0.933. The van der Waals surface area contributed by atoms with E-state index in [1.54, 1.807) is 6.07 Å². The van der Waals surface area contributed by atoms with Crippen molar-refractivity contribution in [3.05, 3.63) is 34.5 Å². The molecule has 0 saturated carbocycles. The van der Waals surface area contributed by atoms with Crippen molar-refractivity contribution in [3.8, 4) is 0 Å². The maximum absolute atomic E-state index is 9.87. The summed E-state index contributed by atoms with van der Waals surface area (Å²) in [6.07, 6.45) is 0. The van der Waals surface area contributed by atoms with E-state index in [-0.39, 0.29) is 6.04 Å². The van der Waals surface area contributed by atoms with Crippen molar-refractivity contribution >= 4 is 21.7 Å². The lowest BCUT2D eigenvalue weighted by Gasteiger charge is -2.24. The molecule has 0 amide bonds. The van der Waals surface area contributed by atoms with E-state index in [0.29, 0.717) is 5.82 Å². The topological polar surface area (TPSA) is 36.4 Å². The molecular formula is C11H15BrN2O. The Hall–Kier alpha value is -0.870. The number of rotatable bonds is 3. The molecule has 1 aromatic rings. The average molecular weight is 271 g/mol. The molecule has 0 fully saturated rings. The zero-order chi connectivity index (χ0) is 11.6. The molecule has 0 saturated heterocycles. The van der Waals surface area contributed by atoms with E-state index >= 15 is 0 Å². The lowest BCUT2D eigenvalue weighted by molar-refractivity contribution is 0.231. The molecule has 1 heterocycles. The number of nitrogens with zero attached hydrogens (tertiary/aromatic N) is 2. The molecule has 0 aliphatic heterocycles. The first-order valence-electron chi connectivity index (χ1n) is 4.70. The van der Waals surface area contributed by atoms with E-state index in [4.69, 9.17) is 0 Å². The largest absolute Gasteiger partial charge is 0.286 e. The minimum Gasteiger partial charge on any atom is -0.286 e. The van der Waals surface area contributed by atoms with Gasteiger partial charge >= 0.3 is 0 Å². The molecule has 1 unspecified atom stereocenters. The number of aromatic nitrogens is 1. The van der Waals surface area contributed by atoms with Crippen LogP contribution in [-0.2, 0) is 0 Å². The molecule has 0 aromatic carbocycles. The Bertz CT molecular complexity index is 379. The van der Waals surface area contributed by atoms with Gasteiger partial charge in [-0.05, 0) is 48.8 Å². The molecule has 1 aromatic heterocycles.